The molecule has 1 atom stereocenters. The molecular weight excluding hydrogens is 272 g/mol. The van der Waals surface area contributed by atoms with Crippen LogP contribution in [-0.4, -0.2) is 29.4 Å². The molecule has 113 valence electrons. The van der Waals surface area contributed by atoms with Crippen LogP contribution in [-0.2, 0) is 9.47 Å². The zero-order valence-electron chi connectivity index (χ0n) is 12.0. The molecule has 1 N–H and O–H groups in total. The van der Waals surface area contributed by atoms with Gasteiger partial charge in [0.1, 0.15) is 0 Å². The number of hydrogen-bond acceptors (Lipinski definition) is 4. The molecule has 2 rings (SSSR count). The molecule has 1 aromatic carbocycles. The van der Waals surface area contributed by atoms with Crippen molar-refractivity contribution in [3.63, 3.8) is 0 Å². The lowest BCUT2D eigenvalue weighted by atomic mass is 10.1. The van der Waals surface area contributed by atoms with Crippen LogP contribution < -0.4 is 0 Å². The van der Waals surface area contributed by atoms with E-state index in [0.29, 0.717) is 0 Å². The minimum Gasteiger partial charge on any atom is -0.478 e. The van der Waals surface area contributed by atoms with Gasteiger partial charge in [0, 0.05) is 6.42 Å². The molecule has 0 aliphatic heterocycles. The van der Waals surface area contributed by atoms with Gasteiger partial charge in [0.25, 0.3) is 0 Å². The monoisotopic (exact) mass is 291 g/mol. The third kappa shape index (κ3) is 4.29. The standard InChI is InChI=1S/C16H19O5/c1-2-14(20-13-8-3-4-9-13)21-16(19)12-7-5-6-11(10-12)15(17)18/h2,5-7,10,13-14H,3-4,8-9H2,1H3,(H,17,18). The van der Waals surface area contributed by atoms with Crippen molar-refractivity contribution in [3.8, 4) is 0 Å². The van der Waals surface area contributed by atoms with Crippen LogP contribution in [0.25, 0.3) is 0 Å². The maximum absolute atomic E-state index is 12.0. The van der Waals surface area contributed by atoms with Crippen molar-refractivity contribution >= 4 is 11.9 Å². The molecule has 0 aromatic heterocycles. The van der Waals surface area contributed by atoms with E-state index in [1.54, 1.807) is 13.3 Å². The van der Waals surface area contributed by atoms with Gasteiger partial charge in [0.2, 0.25) is 6.29 Å². The first-order chi connectivity index (χ1) is 10.1. The Balaban J connectivity index is 1.98. The largest absolute Gasteiger partial charge is 0.478 e. The molecule has 1 aliphatic rings. The van der Waals surface area contributed by atoms with E-state index in [2.05, 4.69) is 0 Å². The third-order valence-electron chi connectivity index (χ3n) is 3.47. The minimum atomic E-state index is -1.08. The second-order valence-corrected chi connectivity index (χ2v) is 5.04. The first-order valence-corrected chi connectivity index (χ1v) is 7.09. The molecule has 0 saturated heterocycles. The Morgan fingerprint density at radius 2 is 1.95 bits per heavy atom. The smallest absolute Gasteiger partial charge is 0.340 e. The highest BCUT2D eigenvalue weighted by Gasteiger charge is 2.23. The summed E-state index contributed by atoms with van der Waals surface area (Å²) >= 11 is 0. The Kier molecular flexibility index (Phi) is 5.33. The van der Waals surface area contributed by atoms with Crippen molar-refractivity contribution in [2.45, 2.75) is 45.0 Å². The number of carbonyl (C=O) groups is 2. The highest BCUT2D eigenvalue weighted by Crippen LogP contribution is 2.23. The van der Waals surface area contributed by atoms with E-state index in [0.717, 1.165) is 25.7 Å². The summed E-state index contributed by atoms with van der Waals surface area (Å²) in [6.07, 6.45) is 5.34. The van der Waals surface area contributed by atoms with Gasteiger partial charge in [0.05, 0.1) is 17.2 Å². The van der Waals surface area contributed by atoms with E-state index in [-0.39, 0.29) is 17.2 Å². The summed E-state index contributed by atoms with van der Waals surface area (Å²) < 4.78 is 11.0. The molecule has 0 spiro atoms. The normalized spacial score (nSPS) is 16.6. The fourth-order valence-corrected chi connectivity index (χ4v) is 2.34. The number of esters is 1. The van der Waals surface area contributed by atoms with E-state index >= 15 is 0 Å². The second-order valence-electron chi connectivity index (χ2n) is 5.04. The molecule has 0 amide bonds. The average molecular weight is 291 g/mol. The number of benzene rings is 1. The average Bonchev–Trinajstić information content (AvgIpc) is 2.99. The van der Waals surface area contributed by atoms with Crippen LogP contribution in [0.1, 0.15) is 53.3 Å². The molecule has 0 heterocycles. The predicted octanol–water partition coefficient (Wildman–Crippen LogP) is 3.05. The van der Waals surface area contributed by atoms with Crippen molar-refractivity contribution in [1.29, 1.82) is 0 Å². The highest BCUT2D eigenvalue weighted by atomic mass is 16.7. The Morgan fingerprint density at radius 1 is 1.29 bits per heavy atom. The van der Waals surface area contributed by atoms with Crippen LogP contribution in [0.3, 0.4) is 0 Å². The van der Waals surface area contributed by atoms with Crippen LogP contribution in [0.4, 0.5) is 0 Å². The number of aromatic carboxylic acids is 1. The van der Waals surface area contributed by atoms with Crippen LogP contribution in [0.15, 0.2) is 24.3 Å². The van der Waals surface area contributed by atoms with E-state index in [1.807, 2.05) is 0 Å². The molecule has 0 bridgehead atoms. The van der Waals surface area contributed by atoms with Crippen molar-refractivity contribution in [3.05, 3.63) is 41.8 Å². The summed E-state index contributed by atoms with van der Waals surface area (Å²) in [5.41, 5.74) is 0.259. The van der Waals surface area contributed by atoms with E-state index in [1.165, 1.54) is 24.3 Å². The van der Waals surface area contributed by atoms with Gasteiger partial charge in [-0.1, -0.05) is 25.8 Å². The summed E-state index contributed by atoms with van der Waals surface area (Å²) in [4.78, 5) is 22.9. The SMILES string of the molecule is C[CH]C(OC(=O)c1cccc(C(=O)O)c1)OC1CCCC1. The number of hydrogen-bond donors (Lipinski definition) is 1. The number of carboxylic acids is 1. The van der Waals surface area contributed by atoms with Gasteiger partial charge in [-0.2, -0.15) is 0 Å². The van der Waals surface area contributed by atoms with E-state index in [9.17, 15) is 9.59 Å². The van der Waals surface area contributed by atoms with Gasteiger partial charge in [-0.3, -0.25) is 0 Å². The lowest BCUT2D eigenvalue weighted by Crippen LogP contribution is -2.25. The molecule has 1 unspecified atom stereocenters. The number of carboxylic acid groups (broad SMARTS) is 1. The van der Waals surface area contributed by atoms with Crippen molar-refractivity contribution < 1.29 is 24.2 Å². The molecule has 1 aromatic rings. The number of carbonyl (C=O) groups excluding carboxylic acids is 1. The molecule has 1 radical (unpaired) electrons. The quantitative estimate of drug-likeness (QED) is 0.644. The van der Waals surface area contributed by atoms with Crippen LogP contribution in [0, 0.1) is 6.42 Å². The first kappa shape index (κ1) is 15.5. The van der Waals surface area contributed by atoms with Gasteiger partial charge in [0.15, 0.2) is 0 Å². The Morgan fingerprint density at radius 3 is 2.57 bits per heavy atom. The summed E-state index contributed by atoms with van der Waals surface area (Å²) in [6.45, 7) is 1.76. The molecule has 5 heteroatoms. The van der Waals surface area contributed by atoms with Gasteiger partial charge in [-0.15, -0.1) is 0 Å². The predicted molar refractivity (Wildman–Crippen MR) is 75.9 cm³/mol. The van der Waals surface area contributed by atoms with Gasteiger partial charge in [-0.05, 0) is 31.0 Å². The fraction of sp³-hybridized carbons (Fsp3) is 0.438. The Bertz CT molecular complexity index is 505. The van der Waals surface area contributed by atoms with Crippen molar-refractivity contribution in [1.82, 2.24) is 0 Å². The number of rotatable bonds is 6. The lowest BCUT2D eigenvalue weighted by Gasteiger charge is -2.20. The summed E-state index contributed by atoms with van der Waals surface area (Å²) in [6, 6.07) is 5.77. The van der Waals surface area contributed by atoms with E-state index < -0.39 is 18.2 Å². The molecule has 1 aliphatic carbocycles. The molecular formula is C16H19O5. The first-order valence-electron chi connectivity index (χ1n) is 7.09. The topological polar surface area (TPSA) is 72.8 Å². The van der Waals surface area contributed by atoms with Crippen LogP contribution in [0.5, 0.6) is 0 Å². The van der Waals surface area contributed by atoms with Gasteiger partial charge >= 0.3 is 11.9 Å². The third-order valence-corrected chi connectivity index (χ3v) is 3.47. The zero-order valence-corrected chi connectivity index (χ0v) is 12.0. The van der Waals surface area contributed by atoms with Crippen molar-refractivity contribution in [2.75, 3.05) is 0 Å². The molecule has 21 heavy (non-hydrogen) atoms. The highest BCUT2D eigenvalue weighted by molar-refractivity contribution is 5.94. The summed E-state index contributed by atoms with van der Waals surface area (Å²) in [7, 11) is 0. The summed E-state index contributed by atoms with van der Waals surface area (Å²) in [5.74, 6) is -1.66. The van der Waals surface area contributed by atoms with Crippen LogP contribution >= 0.6 is 0 Å². The van der Waals surface area contributed by atoms with Crippen LogP contribution in [0.2, 0.25) is 0 Å². The number of ether oxygens (including phenoxy) is 2. The lowest BCUT2D eigenvalue weighted by molar-refractivity contribution is -0.120. The maximum atomic E-state index is 12.0. The maximum Gasteiger partial charge on any atom is 0.340 e. The Hall–Kier alpha value is -1.88. The van der Waals surface area contributed by atoms with E-state index in [4.69, 9.17) is 14.6 Å². The second kappa shape index (κ2) is 7.22. The Labute approximate surface area is 123 Å². The molecule has 1 fully saturated rings. The zero-order chi connectivity index (χ0) is 15.2. The van der Waals surface area contributed by atoms with Crippen molar-refractivity contribution in [2.24, 2.45) is 0 Å². The summed E-state index contributed by atoms with van der Waals surface area (Å²) in [5, 5.41) is 8.93. The minimum absolute atomic E-state index is 0.0539. The molecule has 1 saturated carbocycles. The van der Waals surface area contributed by atoms with Gasteiger partial charge in [-0.25, -0.2) is 9.59 Å². The van der Waals surface area contributed by atoms with Gasteiger partial charge < -0.3 is 14.6 Å². The molecule has 5 nitrogen and oxygen atoms in total. The fourth-order valence-electron chi connectivity index (χ4n) is 2.34.